The standard InChI is InChI=1S/C23H28N2O4/c1-27-19-4-3-17(8-21(19)28-2)20-9-18(25-29-20)13-24-22(26)23-10-14-5-15(11-23)7-16(6-14)12-23/h3-4,8-9,14-16H,5-7,10-13H2,1-2H3,(H,24,26). The van der Waals surface area contributed by atoms with E-state index in [9.17, 15) is 4.79 Å². The van der Waals surface area contributed by atoms with Gasteiger partial charge >= 0.3 is 0 Å². The number of benzene rings is 1. The zero-order valence-corrected chi connectivity index (χ0v) is 17.1. The average molecular weight is 396 g/mol. The van der Waals surface area contributed by atoms with Gasteiger partial charge in [-0.15, -0.1) is 0 Å². The zero-order chi connectivity index (χ0) is 20.0. The topological polar surface area (TPSA) is 73.6 Å². The van der Waals surface area contributed by atoms with Crippen LogP contribution in [0.5, 0.6) is 11.5 Å². The number of amides is 1. The van der Waals surface area contributed by atoms with Gasteiger partial charge in [0.05, 0.1) is 20.8 Å². The maximum Gasteiger partial charge on any atom is 0.226 e. The first-order valence-corrected chi connectivity index (χ1v) is 10.5. The monoisotopic (exact) mass is 396 g/mol. The molecule has 6 heteroatoms. The Kier molecular flexibility index (Phi) is 4.52. The second-order valence-corrected chi connectivity index (χ2v) is 9.13. The quantitative estimate of drug-likeness (QED) is 0.792. The molecule has 1 amide bonds. The summed E-state index contributed by atoms with van der Waals surface area (Å²) in [5.74, 6) is 4.44. The number of aromatic nitrogens is 1. The molecule has 154 valence electrons. The number of hydrogen-bond acceptors (Lipinski definition) is 5. The molecule has 0 spiro atoms. The van der Waals surface area contributed by atoms with Crippen LogP contribution in [0.1, 0.15) is 44.2 Å². The van der Waals surface area contributed by atoms with Crippen LogP contribution in [-0.2, 0) is 11.3 Å². The first-order valence-electron chi connectivity index (χ1n) is 10.5. The minimum absolute atomic E-state index is 0.134. The van der Waals surface area contributed by atoms with E-state index in [1.165, 1.54) is 19.3 Å². The lowest BCUT2D eigenvalue weighted by molar-refractivity contribution is -0.146. The zero-order valence-electron chi connectivity index (χ0n) is 17.1. The van der Waals surface area contributed by atoms with Crippen molar-refractivity contribution in [3.8, 4) is 22.8 Å². The van der Waals surface area contributed by atoms with Crippen LogP contribution in [0.3, 0.4) is 0 Å². The maximum absolute atomic E-state index is 13.1. The van der Waals surface area contributed by atoms with Gasteiger partial charge in [-0.2, -0.15) is 0 Å². The summed E-state index contributed by atoms with van der Waals surface area (Å²) < 4.78 is 16.1. The Morgan fingerprint density at radius 2 is 1.72 bits per heavy atom. The van der Waals surface area contributed by atoms with E-state index >= 15 is 0 Å². The molecule has 1 N–H and O–H groups in total. The van der Waals surface area contributed by atoms with Crippen molar-refractivity contribution >= 4 is 5.91 Å². The van der Waals surface area contributed by atoms with E-state index in [-0.39, 0.29) is 11.3 Å². The minimum atomic E-state index is -0.134. The average Bonchev–Trinajstić information content (AvgIpc) is 3.19. The van der Waals surface area contributed by atoms with E-state index in [0.29, 0.717) is 23.8 Å². The molecule has 0 unspecified atom stereocenters. The van der Waals surface area contributed by atoms with Crippen molar-refractivity contribution in [2.24, 2.45) is 23.2 Å². The van der Waals surface area contributed by atoms with Crippen LogP contribution >= 0.6 is 0 Å². The van der Waals surface area contributed by atoms with Gasteiger partial charge in [-0.1, -0.05) is 5.16 Å². The van der Waals surface area contributed by atoms with Crippen LogP contribution in [0.2, 0.25) is 0 Å². The van der Waals surface area contributed by atoms with Gasteiger partial charge in [0.25, 0.3) is 0 Å². The summed E-state index contributed by atoms with van der Waals surface area (Å²) in [4.78, 5) is 13.1. The summed E-state index contributed by atoms with van der Waals surface area (Å²) >= 11 is 0. The fourth-order valence-electron chi connectivity index (χ4n) is 6.27. The number of rotatable bonds is 6. The Morgan fingerprint density at radius 1 is 1.07 bits per heavy atom. The van der Waals surface area contributed by atoms with E-state index in [2.05, 4.69) is 10.5 Å². The molecule has 4 aliphatic carbocycles. The van der Waals surface area contributed by atoms with Crippen molar-refractivity contribution in [3.05, 3.63) is 30.0 Å². The van der Waals surface area contributed by atoms with Gasteiger partial charge in [-0.25, -0.2) is 0 Å². The van der Waals surface area contributed by atoms with Crippen molar-refractivity contribution < 1.29 is 18.8 Å². The van der Waals surface area contributed by atoms with Gasteiger partial charge in [0, 0.05) is 17.0 Å². The molecule has 4 aliphatic rings. The predicted octanol–water partition coefficient (Wildman–Crippen LogP) is 4.19. The smallest absolute Gasteiger partial charge is 0.226 e. The second-order valence-electron chi connectivity index (χ2n) is 9.13. The first kappa shape index (κ1) is 18.5. The number of nitrogens with one attached hydrogen (secondary N) is 1. The summed E-state index contributed by atoms with van der Waals surface area (Å²) in [6.07, 6.45) is 7.22. The lowest BCUT2D eigenvalue weighted by Gasteiger charge is -2.55. The van der Waals surface area contributed by atoms with E-state index < -0.39 is 0 Å². The molecule has 6 rings (SSSR count). The van der Waals surface area contributed by atoms with Crippen molar-refractivity contribution in [2.45, 2.75) is 45.1 Å². The van der Waals surface area contributed by atoms with E-state index in [0.717, 1.165) is 48.3 Å². The van der Waals surface area contributed by atoms with Crippen molar-refractivity contribution in [2.75, 3.05) is 14.2 Å². The van der Waals surface area contributed by atoms with E-state index in [1.54, 1.807) is 14.2 Å². The Balaban J connectivity index is 1.26. The molecule has 6 nitrogen and oxygen atoms in total. The number of nitrogens with zero attached hydrogens (tertiary/aromatic N) is 1. The Hall–Kier alpha value is -2.50. The largest absolute Gasteiger partial charge is 0.493 e. The molecular weight excluding hydrogens is 368 g/mol. The van der Waals surface area contributed by atoms with Crippen LogP contribution in [0, 0.1) is 23.2 Å². The predicted molar refractivity (Wildman–Crippen MR) is 107 cm³/mol. The molecular formula is C23H28N2O4. The van der Waals surface area contributed by atoms with Gasteiger partial charge in [-0.3, -0.25) is 4.79 Å². The number of hydrogen-bond donors (Lipinski definition) is 1. The summed E-state index contributed by atoms with van der Waals surface area (Å²) in [6.45, 7) is 0.400. The fourth-order valence-corrected chi connectivity index (χ4v) is 6.27. The third-order valence-electron chi connectivity index (χ3n) is 7.18. The molecule has 0 aliphatic heterocycles. The van der Waals surface area contributed by atoms with Gasteiger partial charge in [0.15, 0.2) is 17.3 Å². The lowest BCUT2D eigenvalue weighted by Crippen LogP contribution is -2.53. The highest BCUT2D eigenvalue weighted by Gasteiger charge is 2.54. The molecule has 0 radical (unpaired) electrons. The Labute approximate surface area is 170 Å². The highest BCUT2D eigenvalue weighted by molar-refractivity contribution is 5.83. The normalized spacial score (nSPS) is 29.7. The molecule has 4 bridgehead atoms. The molecule has 4 fully saturated rings. The van der Waals surface area contributed by atoms with Crippen LogP contribution in [-0.4, -0.2) is 25.3 Å². The van der Waals surface area contributed by atoms with Crippen LogP contribution < -0.4 is 14.8 Å². The number of carbonyl (C=O) groups is 1. The van der Waals surface area contributed by atoms with Gasteiger partial charge in [0.2, 0.25) is 5.91 Å². The van der Waals surface area contributed by atoms with E-state index in [1.807, 2.05) is 24.3 Å². The van der Waals surface area contributed by atoms with Gasteiger partial charge in [0.1, 0.15) is 5.69 Å². The molecule has 29 heavy (non-hydrogen) atoms. The van der Waals surface area contributed by atoms with Crippen LogP contribution in [0.25, 0.3) is 11.3 Å². The van der Waals surface area contributed by atoms with Crippen LogP contribution in [0.15, 0.2) is 28.8 Å². The third-order valence-corrected chi connectivity index (χ3v) is 7.18. The van der Waals surface area contributed by atoms with Crippen molar-refractivity contribution in [3.63, 3.8) is 0 Å². The van der Waals surface area contributed by atoms with Crippen molar-refractivity contribution in [1.29, 1.82) is 0 Å². The Bertz CT molecular complexity index is 884. The fraction of sp³-hybridized carbons (Fsp3) is 0.565. The number of methoxy groups -OCH3 is 2. The Morgan fingerprint density at radius 3 is 2.34 bits per heavy atom. The molecule has 1 aromatic heterocycles. The number of carbonyl (C=O) groups excluding carboxylic acids is 1. The van der Waals surface area contributed by atoms with Crippen molar-refractivity contribution in [1.82, 2.24) is 10.5 Å². The first-order chi connectivity index (χ1) is 14.1. The molecule has 4 saturated carbocycles. The minimum Gasteiger partial charge on any atom is -0.493 e. The highest BCUT2D eigenvalue weighted by atomic mass is 16.5. The molecule has 0 atom stereocenters. The lowest BCUT2D eigenvalue weighted by atomic mass is 9.49. The van der Waals surface area contributed by atoms with Gasteiger partial charge < -0.3 is 19.3 Å². The van der Waals surface area contributed by atoms with Gasteiger partial charge in [-0.05, 0) is 74.5 Å². The number of ether oxygens (including phenoxy) is 2. The highest BCUT2D eigenvalue weighted by Crippen LogP contribution is 2.60. The molecule has 1 aromatic carbocycles. The maximum atomic E-state index is 13.1. The van der Waals surface area contributed by atoms with Crippen LogP contribution in [0.4, 0.5) is 0 Å². The molecule has 1 heterocycles. The van der Waals surface area contributed by atoms with E-state index in [4.69, 9.17) is 14.0 Å². The SMILES string of the molecule is COc1ccc(-c2cc(CNC(=O)C34CC5CC(CC(C5)C3)C4)no2)cc1OC. The second kappa shape index (κ2) is 7.08. The summed E-state index contributed by atoms with van der Waals surface area (Å²) in [5, 5.41) is 7.30. The molecule has 0 saturated heterocycles. The summed E-state index contributed by atoms with van der Waals surface area (Å²) in [6, 6.07) is 7.48. The summed E-state index contributed by atoms with van der Waals surface area (Å²) in [7, 11) is 3.21. The summed E-state index contributed by atoms with van der Waals surface area (Å²) in [5.41, 5.74) is 1.45. The third kappa shape index (κ3) is 3.28. The molecule has 2 aromatic rings.